The number of benzene rings is 1. The van der Waals surface area contributed by atoms with Gasteiger partial charge in [0.15, 0.2) is 11.5 Å². The molecule has 4 atom stereocenters. The van der Waals surface area contributed by atoms with E-state index in [4.69, 9.17) is 19.9 Å². The highest BCUT2D eigenvalue weighted by atomic mass is 35.5. The zero-order chi connectivity index (χ0) is 24.2. The molecule has 0 aromatic heterocycles. The van der Waals surface area contributed by atoms with Gasteiger partial charge in [-0.1, -0.05) is 33.3 Å². The van der Waals surface area contributed by atoms with Gasteiger partial charge in [0.05, 0.1) is 26.0 Å². The fraction of sp³-hybridized carbons (Fsp3) is 0.778. The molecule has 206 valence electrons. The SMILES string of the molecule is CCC[C@@H]1CCCN1[C@H](N)[C@@H](O)CC[C@@H](Cc1ccc(OC)c(OCCCOC)c1)C(C)C.Cl.Cl. The smallest absolute Gasteiger partial charge is 0.161 e. The predicted molar refractivity (Wildman–Crippen MR) is 149 cm³/mol. The molecule has 1 saturated heterocycles. The fourth-order valence-electron chi connectivity index (χ4n) is 4.99. The molecule has 2 rings (SSSR count). The van der Waals surface area contributed by atoms with Crippen molar-refractivity contribution in [1.82, 2.24) is 4.90 Å². The highest BCUT2D eigenvalue weighted by molar-refractivity contribution is 5.85. The number of hydrogen-bond donors (Lipinski definition) is 2. The summed E-state index contributed by atoms with van der Waals surface area (Å²) >= 11 is 0. The lowest BCUT2D eigenvalue weighted by Crippen LogP contribution is -2.52. The Balaban J connectivity index is 0.00000578. The quantitative estimate of drug-likeness (QED) is 0.273. The van der Waals surface area contributed by atoms with E-state index in [1.807, 2.05) is 6.07 Å². The molecule has 3 N–H and O–H groups in total. The van der Waals surface area contributed by atoms with Crippen molar-refractivity contribution in [2.75, 3.05) is 34.0 Å². The first-order valence-electron chi connectivity index (χ1n) is 12.9. The van der Waals surface area contributed by atoms with Gasteiger partial charge in [-0.2, -0.15) is 0 Å². The monoisotopic (exact) mass is 536 g/mol. The van der Waals surface area contributed by atoms with Crippen LogP contribution >= 0.6 is 24.8 Å². The summed E-state index contributed by atoms with van der Waals surface area (Å²) in [5.74, 6) is 2.52. The van der Waals surface area contributed by atoms with Crippen LogP contribution in [0.4, 0.5) is 0 Å². The minimum Gasteiger partial charge on any atom is -0.493 e. The lowest BCUT2D eigenvalue weighted by Gasteiger charge is -2.34. The van der Waals surface area contributed by atoms with E-state index in [0.717, 1.165) is 43.7 Å². The van der Waals surface area contributed by atoms with Gasteiger partial charge < -0.3 is 25.1 Å². The van der Waals surface area contributed by atoms with E-state index in [1.54, 1.807) is 14.2 Å². The molecule has 1 fully saturated rings. The summed E-state index contributed by atoms with van der Waals surface area (Å²) in [6.45, 7) is 9.04. The molecule has 0 radical (unpaired) electrons. The molecule has 0 bridgehead atoms. The van der Waals surface area contributed by atoms with Gasteiger partial charge in [-0.05, 0) is 68.1 Å². The zero-order valence-electron chi connectivity index (χ0n) is 22.4. The van der Waals surface area contributed by atoms with Crippen LogP contribution in [0.15, 0.2) is 18.2 Å². The summed E-state index contributed by atoms with van der Waals surface area (Å²) in [7, 11) is 3.37. The maximum Gasteiger partial charge on any atom is 0.161 e. The lowest BCUT2D eigenvalue weighted by atomic mass is 9.84. The second-order valence-corrected chi connectivity index (χ2v) is 9.85. The Labute approximate surface area is 226 Å². The molecule has 0 amide bonds. The average Bonchev–Trinajstić information content (AvgIpc) is 3.27. The summed E-state index contributed by atoms with van der Waals surface area (Å²) in [4.78, 5) is 2.34. The van der Waals surface area contributed by atoms with Crippen LogP contribution in [-0.4, -0.2) is 62.3 Å². The molecule has 1 aliphatic heterocycles. The largest absolute Gasteiger partial charge is 0.493 e. The van der Waals surface area contributed by atoms with Crippen molar-refractivity contribution in [3.8, 4) is 11.5 Å². The number of nitrogens with zero attached hydrogens (tertiary/aromatic N) is 1. The number of methoxy groups -OCH3 is 2. The van der Waals surface area contributed by atoms with E-state index in [0.29, 0.717) is 31.1 Å². The molecule has 1 aliphatic rings. The molecule has 1 heterocycles. The third-order valence-electron chi connectivity index (χ3n) is 7.07. The first-order chi connectivity index (χ1) is 15.9. The van der Waals surface area contributed by atoms with Gasteiger partial charge in [0, 0.05) is 32.7 Å². The van der Waals surface area contributed by atoms with Crippen molar-refractivity contribution in [3.63, 3.8) is 0 Å². The van der Waals surface area contributed by atoms with Crippen LogP contribution in [0.5, 0.6) is 11.5 Å². The third-order valence-corrected chi connectivity index (χ3v) is 7.07. The number of aliphatic hydroxyl groups excluding tert-OH is 1. The number of aliphatic hydroxyl groups is 1. The normalized spacial score (nSPS) is 18.5. The Morgan fingerprint density at radius 1 is 1.11 bits per heavy atom. The second-order valence-electron chi connectivity index (χ2n) is 9.85. The van der Waals surface area contributed by atoms with Crippen molar-refractivity contribution in [2.24, 2.45) is 17.6 Å². The molecule has 6 nitrogen and oxygen atoms in total. The number of nitrogens with two attached hydrogens (primary N) is 1. The summed E-state index contributed by atoms with van der Waals surface area (Å²) in [6, 6.07) is 6.74. The molecule has 0 saturated carbocycles. The Hall–Kier alpha value is -0.760. The highest BCUT2D eigenvalue weighted by Gasteiger charge is 2.32. The zero-order valence-corrected chi connectivity index (χ0v) is 24.0. The van der Waals surface area contributed by atoms with Crippen LogP contribution in [0.2, 0.25) is 0 Å². The lowest BCUT2D eigenvalue weighted by molar-refractivity contribution is 0.0323. The summed E-state index contributed by atoms with van der Waals surface area (Å²) in [6.07, 6.45) is 7.45. The number of likely N-dealkylation sites (tertiary alicyclic amines) is 1. The Kier molecular flexibility index (Phi) is 18.1. The number of halogens is 2. The van der Waals surface area contributed by atoms with Crippen LogP contribution in [0, 0.1) is 11.8 Å². The number of rotatable bonds is 16. The number of hydrogen-bond acceptors (Lipinski definition) is 6. The van der Waals surface area contributed by atoms with Crippen molar-refractivity contribution in [3.05, 3.63) is 23.8 Å². The molecule has 0 aliphatic carbocycles. The molecule has 8 heteroatoms. The van der Waals surface area contributed by atoms with E-state index >= 15 is 0 Å². The first kappa shape index (κ1) is 34.2. The predicted octanol–water partition coefficient (Wildman–Crippen LogP) is 5.46. The van der Waals surface area contributed by atoms with Gasteiger partial charge in [-0.25, -0.2) is 0 Å². The minimum atomic E-state index is -0.487. The molecule has 1 aromatic rings. The van der Waals surface area contributed by atoms with Crippen molar-refractivity contribution < 1.29 is 19.3 Å². The maximum absolute atomic E-state index is 10.9. The van der Waals surface area contributed by atoms with Gasteiger partial charge >= 0.3 is 0 Å². The molecular formula is C27H50Cl2N2O4. The average molecular weight is 538 g/mol. The molecule has 0 spiro atoms. The number of ether oxygens (including phenoxy) is 3. The van der Waals surface area contributed by atoms with Gasteiger partial charge in [-0.15, -0.1) is 24.8 Å². The minimum absolute atomic E-state index is 0. The van der Waals surface area contributed by atoms with E-state index in [9.17, 15) is 5.11 Å². The Morgan fingerprint density at radius 3 is 2.49 bits per heavy atom. The van der Waals surface area contributed by atoms with E-state index < -0.39 is 6.10 Å². The summed E-state index contributed by atoms with van der Waals surface area (Å²) in [5.41, 5.74) is 7.75. The standard InChI is InChI=1S/C27H48N2O4.2ClH/c1-6-9-23-10-7-15-29(23)27(28)24(30)13-12-22(20(2)3)18-21-11-14-25(32-5)26(19-21)33-17-8-16-31-4;;/h11,14,19-20,22-24,27,30H,6-10,12-13,15-18,28H2,1-5H3;2*1H/t22-,23+,24-,27-;;/m0../s1. The molecule has 0 unspecified atom stereocenters. The van der Waals surface area contributed by atoms with Gasteiger partial charge in [0.2, 0.25) is 0 Å². The van der Waals surface area contributed by atoms with Crippen LogP contribution < -0.4 is 15.2 Å². The Morgan fingerprint density at radius 2 is 1.86 bits per heavy atom. The van der Waals surface area contributed by atoms with Crippen LogP contribution in [-0.2, 0) is 11.2 Å². The van der Waals surface area contributed by atoms with Crippen LogP contribution in [0.3, 0.4) is 0 Å². The van der Waals surface area contributed by atoms with Crippen LogP contribution in [0.1, 0.15) is 71.3 Å². The molecular weight excluding hydrogens is 487 g/mol. The Bertz CT molecular complexity index is 681. The van der Waals surface area contributed by atoms with E-state index in [2.05, 4.69) is 37.8 Å². The second kappa shape index (κ2) is 18.5. The van der Waals surface area contributed by atoms with E-state index in [-0.39, 0.29) is 31.0 Å². The fourth-order valence-corrected chi connectivity index (χ4v) is 4.99. The van der Waals surface area contributed by atoms with Gasteiger partial charge in [0.25, 0.3) is 0 Å². The van der Waals surface area contributed by atoms with E-state index in [1.165, 1.54) is 31.2 Å². The first-order valence-corrected chi connectivity index (χ1v) is 12.9. The maximum atomic E-state index is 10.9. The van der Waals surface area contributed by atoms with Crippen LogP contribution in [0.25, 0.3) is 0 Å². The molecule has 35 heavy (non-hydrogen) atoms. The van der Waals surface area contributed by atoms with Crippen molar-refractivity contribution >= 4 is 24.8 Å². The molecule has 1 aromatic carbocycles. The van der Waals surface area contributed by atoms with Gasteiger partial charge in [0.1, 0.15) is 0 Å². The third kappa shape index (κ3) is 11.0. The highest BCUT2D eigenvalue weighted by Crippen LogP contribution is 2.32. The van der Waals surface area contributed by atoms with Gasteiger partial charge in [-0.3, -0.25) is 4.90 Å². The van der Waals surface area contributed by atoms with Crippen molar-refractivity contribution in [1.29, 1.82) is 0 Å². The summed E-state index contributed by atoms with van der Waals surface area (Å²) in [5, 5.41) is 10.9. The van der Waals surface area contributed by atoms with Crippen molar-refractivity contribution in [2.45, 2.75) is 90.4 Å². The summed E-state index contributed by atoms with van der Waals surface area (Å²) < 4.78 is 16.6. The topological polar surface area (TPSA) is 77.2 Å².